The molecule has 0 radical (unpaired) electrons. The maximum absolute atomic E-state index is 12.7. The number of para-hydroxylation sites is 1. The van der Waals surface area contributed by atoms with Gasteiger partial charge in [-0.25, -0.2) is 0 Å². The number of carbonyl (C=O) groups is 1. The highest BCUT2D eigenvalue weighted by Gasteiger charge is 2.30. The lowest BCUT2D eigenvalue weighted by Gasteiger charge is -2.30. The molecular weight excluding hydrogens is 342 g/mol. The molecule has 0 saturated heterocycles. The molecule has 0 aliphatic carbocycles. The van der Waals surface area contributed by atoms with Crippen LogP contribution in [-0.4, -0.2) is 32.7 Å². The lowest BCUT2D eigenvalue weighted by Crippen LogP contribution is -3.16. The quantitative estimate of drug-likeness (QED) is 0.842. The number of fused-ring (bicyclic) bond motifs is 1. The van der Waals surface area contributed by atoms with Crippen LogP contribution in [0.4, 0.5) is 5.69 Å². The fraction of sp³-hybridized carbons (Fsp3) is 0.333. The Bertz CT molecular complexity index is 889. The summed E-state index contributed by atoms with van der Waals surface area (Å²) in [4.78, 5) is 13.9. The summed E-state index contributed by atoms with van der Waals surface area (Å²) in [6.45, 7) is 3.52. The number of amides is 1. The first-order valence-corrected chi connectivity index (χ1v) is 8.95. The SMILES string of the molecule is COc1cc2c(cc1OC)C[NH+]([C@H](C)C(=O)Nc1ccccc1C#N)CC2. The third-order valence-electron chi connectivity index (χ3n) is 5.15. The summed E-state index contributed by atoms with van der Waals surface area (Å²) in [7, 11) is 3.26. The van der Waals surface area contributed by atoms with Crippen molar-refractivity contribution >= 4 is 11.6 Å². The minimum Gasteiger partial charge on any atom is -0.493 e. The molecule has 1 amide bonds. The van der Waals surface area contributed by atoms with Crippen LogP contribution >= 0.6 is 0 Å². The summed E-state index contributed by atoms with van der Waals surface area (Å²) in [5.74, 6) is 1.35. The Morgan fingerprint density at radius 1 is 1.19 bits per heavy atom. The number of hydrogen-bond donors (Lipinski definition) is 2. The number of nitrogens with one attached hydrogen (secondary N) is 2. The van der Waals surface area contributed by atoms with Gasteiger partial charge in [-0.1, -0.05) is 12.1 Å². The number of quaternary nitrogens is 1. The van der Waals surface area contributed by atoms with Gasteiger partial charge in [-0.15, -0.1) is 0 Å². The van der Waals surface area contributed by atoms with Crippen LogP contribution in [0.1, 0.15) is 23.6 Å². The van der Waals surface area contributed by atoms with E-state index in [-0.39, 0.29) is 11.9 Å². The molecule has 0 spiro atoms. The molecule has 27 heavy (non-hydrogen) atoms. The summed E-state index contributed by atoms with van der Waals surface area (Å²) in [5.41, 5.74) is 3.43. The van der Waals surface area contributed by atoms with Crippen LogP contribution in [0.15, 0.2) is 36.4 Å². The highest BCUT2D eigenvalue weighted by Crippen LogP contribution is 2.31. The largest absolute Gasteiger partial charge is 0.493 e. The van der Waals surface area contributed by atoms with E-state index in [9.17, 15) is 10.1 Å². The van der Waals surface area contributed by atoms with Gasteiger partial charge < -0.3 is 19.7 Å². The van der Waals surface area contributed by atoms with Gasteiger partial charge in [-0.2, -0.15) is 5.26 Å². The van der Waals surface area contributed by atoms with Gasteiger partial charge in [0.15, 0.2) is 17.5 Å². The molecule has 2 N–H and O–H groups in total. The summed E-state index contributed by atoms with van der Waals surface area (Å²) in [6, 6.07) is 12.9. The van der Waals surface area contributed by atoms with E-state index in [1.807, 2.05) is 25.1 Å². The summed E-state index contributed by atoms with van der Waals surface area (Å²) < 4.78 is 10.8. The third kappa shape index (κ3) is 3.88. The van der Waals surface area contributed by atoms with E-state index in [1.165, 1.54) is 16.0 Å². The lowest BCUT2D eigenvalue weighted by molar-refractivity contribution is -0.929. The van der Waals surface area contributed by atoms with Crippen molar-refractivity contribution in [2.45, 2.75) is 25.9 Å². The topological polar surface area (TPSA) is 75.8 Å². The zero-order valence-corrected chi connectivity index (χ0v) is 15.8. The molecule has 0 aromatic heterocycles. The number of benzene rings is 2. The molecule has 2 aromatic carbocycles. The third-order valence-corrected chi connectivity index (χ3v) is 5.15. The lowest BCUT2D eigenvalue weighted by atomic mass is 9.97. The average molecular weight is 366 g/mol. The molecule has 2 atom stereocenters. The van der Waals surface area contributed by atoms with Crippen LogP contribution in [0, 0.1) is 11.3 Å². The number of ether oxygens (including phenoxy) is 2. The Labute approximate surface area is 159 Å². The molecule has 1 aliphatic heterocycles. The molecule has 1 aliphatic rings. The molecule has 1 heterocycles. The second-order valence-corrected chi connectivity index (χ2v) is 6.68. The van der Waals surface area contributed by atoms with Crippen LogP contribution in [0.3, 0.4) is 0 Å². The van der Waals surface area contributed by atoms with E-state index in [0.717, 1.165) is 25.3 Å². The monoisotopic (exact) mass is 366 g/mol. The van der Waals surface area contributed by atoms with Crippen LogP contribution < -0.4 is 19.7 Å². The van der Waals surface area contributed by atoms with Crippen molar-refractivity contribution in [1.82, 2.24) is 0 Å². The summed E-state index contributed by atoms with van der Waals surface area (Å²) >= 11 is 0. The first-order valence-electron chi connectivity index (χ1n) is 8.95. The molecule has 3 rings (SSSR count). The fourth-order valence-electron chi connectivity index (χ4n) is 3.47. The van der Waals surface area contributed by atoms with E-state index in [4.69, 9.17) is 9.47 Å². The zero-order chi connectivity index (χ0) is 19.4. The maximum atomic E-state index is 12.7. The standard InChI is InChI=1S/C21H23N3O3/c1-14(21(25)23-18-7-5-4-6-16(18)12-22)24-9-8-15-10-19(26-2)20(27-3)11-17(15)13-24/h4-7,10-11,14H,8-9,13H2,1-3H3,(H,23,25)/p+1/t14-/m1/s1. The summed E-state index contributed by atoms with van der Waals surface area (Å²) in [5, 5.41) is 12.1. The highest BCUT2D eigenvalue weighted by molar-refractivity contribution is 5.94. The van der Waals surface area contributed by atoms with E-state index in [1.54, 1.807) is 32.4 Å². The Balaban J connectivity index is 1.74. The summed E-state index contributed by atoms with van der Waals surface area (Å²) in [6.07, 6.45) is 0.872. The predicted molar refractivity (Wildman–Crippen MR) is 102 cm³/mol. The molecule has 2 aromatic rings. The number of carbonyl (C=O) groups excluding carboxylic acids is 1. The van der Waals surface area contributed by atoms with Gasteiger partial charge in [0.2, 0.25) is 0 Å². The smallest absolute Gasteiger partial charge is 0.282 e. The normalized spacial score (nSPS) is 16.6. The molecular formula is C21H24N3O3+. The van der Waals surface area contributed by atoms with Crippen molar-refractivity contribution in [2.24, 2.45) is 0 Å². The molecule has 0 fully saturated rings. The Hall–Kier alpha value is -3.04. The second kappa shape index (κ2) is 8.11. The van der Waals surface area contributed by atoms with Gasteiger partial charge in [0.1, 0.15) is 12.6 Å². The van der Waals surface area contributed by atoms with Gasteiger partial charge in [-0.05, 0) is 36.8 Å². The van der Waals surface area contributed by atoms with Crippen LogP contribution in [0.5, 0.6) is 11.5 Å². The predicted octanol–water partition coefficient (Wildman–Crippen LogP) is 1.54. The number of nitriles is 1. The maximum Gasteiger partial charge on any atom is 0.282 e. The van der Waals surface area contributed by atoms with Crippen molar-refractivity contribution < 1.29 is 19.2 Å². The van der Waals surface area contributed by atoms with Crippen molar-refractivity contribution in [3.05, 3.63) is 53.1 Å². The zero-order valence-electron chi connectivity index (χ0n) is 15.8. The molecule has 0 saturated carbocycles. The molecule has 6 heteroatoms. The van der Waals surface area contributed by atoms with Gasteiger partial charge in [0.05, 0.1) is 32.0 Å². The van der Waals surface area contributed by atoms with E-state index in [0.29, 0.717) is 17.0 Å². The number of rotatable bonds is 5. The number of methoxy groups -OCH3 is 2. The van der Waals surface area contributed by atoms with Crippen molar-refractivity contribution in [2.75, 3.05) is 26.1 Å². The van der Waals surface area contributed by atoms with Crippen molar-refractivity contribution in [3.8, 4) is 17.6 Å². The Morgan fingerprint density at radius 3 is 2.52 bits per heavy atom. The minimum atomic E-state index is -0.238. The van der Waals surface area contributed by atoms with Crippen molar-refractivity contribution in [3.63, 3.8) is 0 Å². The Kier molecular flexibility index (Phi) is 5.63. The first-order chi connectivity index (χ1) is 13.1. The number of hydrogen-bond acceptors (Lipinski definition) is 4. The molecule has 1 unspecified atom stereocenters. The van der Waals surface area contributed by atoms with Gasteiger partial charge in [0, 0.05) is 12.0 Å². The Morgan fingerprint density at radius 2 is 1.85 bits per heavy atom. The van der Waals surface area contributed by atoms with Gasteiger partial charge in [-0.3, -0.25) is 4.79 Å². The minimum absolute atomic E-state index is 0.0865. The number of anilines is 1. The fourth-order valence-corrected chi connectivity index (χ4v) is 3.47. The van der Waals surface area contributed by atoms with E-state index < -0.39 is 0 Å². The average Bonchev–Trinajstić information content (AvgIpc) is 2.71. The van der Waals surface area contributed by atoms with Gasteiger partial charge >= 0.3 is 0 Å². The van der Waals surface area contributed by atoms with Crippen molar-refractivity contribution in [1.29, 1.82) is 5.26 Å². The van der Waals surface area contributed by atoms with Crippen LogP contribution in [-0.2, 0) is 17.8 Å². The van der Waals surface area contributed by atoms with Crippen LogP contribution in [0.25, 0.3) is 0 Å². The second-order valence-electron chi connectivity index (χ2n) is 6.68. The first kappa shape index (κ1) is 18.7. The van der Waals surface area contributed by atoms with Crippen LogP contribution in [0.2, 0.25) is 0 Å². The van der Waals surface area contributed by atoms with E-state index in [2.05, 4.69) is 11.4 Å². The highest BCUT2D eigenvalue weighted by atomic mass is 16.5. The molecule has 0 bridgehead atoms. The number of nitrogens with zero attached hydrogens (tertiary/aromatic N) is 1. The van der Waals surface area contributed by atoms with Gasteiger partial charge in [0.25, 0.3) is 5.91 Å². The van der Waals surface area contributed by atoms with E-state index >= 15 is 0 Å². The molecule has 6 nitrogen and oxygen atoms in total. The molecule has 140 valence electrons.